The molecule has 0 saturated carbocycles. The molecule has 2 N–H and O–H groups in total. The van der Waals surface area contributed by atoms with Crippen LogP contribution in [0.2, 0.25) is 10.0 Å². The molecule has 1 aromatic rings. The number of ether oxygens (including phenoxy) is 1. The smallest absolute Gasteiger partial charge is 0.121 e. The zero-order valence-electron chi connectivity index (χ0n) is 6.97. The number of hydroxylamine groups is 1. The van der Waals surface area contributed by atoms with Crippen LogP contribution in [0.1, 0.15) is 5.56 Å². The molecule has 5 heteroatoms. The predicted octanol–water partition coefficient (Wildman–Crippen LogP) is 2.48. The van der Waals surface area contributed by atoms with Crippen LogP contribution in [0.4, 0.5) is 0 Å². The third-order valence-corrected chi connectivity index (χ3v) is 2.28. The van der Waals surface area contributed by atoms with E-state index in [-0.39, 0.29) is 6.54 Å². The second-order valence-corrected chi connectivity index (χ2v) is 3.22. The zero-order valence-corrected chi connectivity index (χ0v) is 8.49. The average Bonchev–Trinajstić information content (AvgIpc) is 2.11. The van der Waals surface area contributed by atoms with Gasteiger partial charge in [0.1, 0.15) is 5.75 Å². The van der Waals surface area contributed by atoms with Gasteiger partial charge in [-0.1, -0.05) is 23.2 Å². The molecule has 0 bridgehead atoms. The highest BCUT2D eigenvalue weighted by Gasteiger charge is 2.07. The fourth-order valence-corrected chi connectivity index (χ4v) is 1.55. The molecule has 1 rings (SSSR count). The van der Waals surface area contributed by atoms with Crippen molar-refractivity contribution in [3.05, 3.63) is 27.7 Å². The Hall–Kier alpha value is -0.480. The van der Waals surface area contributed by atoms with E-state index in [0.717, 1.165) is 0 Å². The number of nitrogens with one attached hydrogen (secondary N) is 1. The van der Waals surface area contributed by atoms with Crippen LogP contribution < -0.4 is 10.2 Å². The summed E-state index contributed by atoms with van der Waals surface area (Å²) < 4.78 is 4.96. The summed E-state index contributed by atoms with van der Waals surface area (Å²) in [6.45, 7) is 0.210. The van der Waals surface area contributed by atoms with Crippen molar-refractivity contribution < 1.29 is 9.94 Å². The monoisotopic (exact) mass is 221 g/mol. The van der Waals surface area contributed by atoms with Crippen LogP contribution >= 0.6 is 23.2 Å². The summed E-state index contributed by atoms with van der Waals surface area (Å²) in [6.07, 6.45) is 0. The molecule has 0 atom stereocenters. The Kier molecular flexibility index (Phi) is 3.81. The second-order valence-electron chi connectivity index (χ2n) is 2.40. The third kappa shape index (κ3) is 2.48. The van der Waals surface area contributed by atoms with E-state index >= 15 is 0 Å². The van der Waals surface area contributed by atoms with Crippen LogP contribution in [0.5, 0.6) is 5.75 Å². The van der Waals surface area contributed by atoms with Crippen LogP contribution in [0.25, 0.3) is 0 Å². The van der Waals surface area contributed by atoms with Gasteiger partial charge in [0.2, 0.25) is 0 Å². The molecule has 0 radical (unpaired) electrons. The number of rotatable bonds is 3. The molecule has 0 fully saturated rings. The van der Waals surface area contributed by atoms with E-state index in [2.05, 4.69) is 0 Å². The quantitative estimate of drug-likeness (QED) is 0.772. The fourth-order valence-electron chi connectivity index (χ4n) is 0.946. The Bertz CT molecular complexity index is 281. The lowest BCUT2D eigenvalue weighted by atomic mass is 10.2. The lowest BCUT2D eigenvalue weighted by Crippen LogP contribution is -2.07. The SMILES string of the molecule is COc1cc(Cl)c(CNO)c(Cl)c1. The molecular formula is C8H9Cl2NO2. The van der Waals surface area contributed by atoms with E-state index < -0.39 is 0 Å². The van der Waals surface area contributed by atoms with E-state index in [4.69, 9.17) is 33.1 Å². The Labute approximate surface area is 86.2 Å². The predicted molar refractivity (Wildman–Crippen MR) is 51.6 cm³/mol. The molecule has 13 heavy (non-hydrogen) atoms. The first-order valence-corrected chi connectivity index (χ1v) is 4.33. The molecule has 0 unspecified atom stereocenters. The molecule has 0 amide bonds. The summed E-state index contributed by atoms with van der Waals surface area (Å²) >= 11 is 11.8. The largest absolute Gasteiger partial charge is 0.497 e. The van der Waals surface area contributed by atoms with Crippen molar-refractivity contribution in [3.8, 4) is 5.75 Å². The summed E-state index contributed by atoms with van der Waals surface area (Å²) in [5.74, 6) is 0.594. The van der Waals surface area contributed by atoms with Crippen LogP contribution in [0.15, 0.2) is 12.1 Å². The lowest BCUT2D eigenvalue weighted by molar-refractivity contribution is 0.161. The topological polar surface area (TPSA) is 41.5 Å². The number of methoxy groups -OCH3 is 1. The van der Waals surface area contributed by atoms with E-state index in [1.807, 2.05) is 5.48 Å². The van der Waals surface area contributed by atoms with Gasteiger partial charge < -0.3 is 9.94 Å². The van der Waals surface area contributed by atoms with Crippen molar-refractivity contribution in [1.29, 1.82) is 0 Å². The average molecular weight is 222 g/mol. The van der Waals surface area contributed by atoms with Crippen LogP contribution in [-0.2, 0) is 6.54 Å². The van der Waals surface area contributed by atoms with E-state index in [9.17, 15) is 0 Å². The Balaban J connectivity index is 3.07. The lowest BCUT2D eigenvalue weighted by Gasteiger charge is -2.07. The number of halogens is 2. The van der Waals surface area contributed by atoms with Crippen LogP contribution in [0, 0.1) is 0 Å². The molecule has 0 heterocycles. The van der Waals surface area contributed by atoms with Gasteiger partial charge in [-0.3, -0.25) is 0 Å². The van der Waals surface area contributed by atoms with Crippen molar-refractivity contribution in [3.63, 3.8) is 0 Å². The van der Waals surface area contributed by atoms with E-state index in [1.54, 1.807) is 12.1 Å². The molecule has 0 aliphatic carbocycles. The van der Waals surface area contributed by atoms with Crippen molar-refractivity contribution in [1.82, 2.24) is 5.48 Å². The minimum atomic E-state index is 0.210. The maximum atomic E-state index is 8.50. The number of hydrogen-bond donors (Lipinski definition) is 2. The Morgan fingerprint density at radius 2 is 1.92 bits per heavy atom. The van der Waals surface area contributed by atoms with Crippen LogP contribution in [-0.4, -0.2) is 12.3 Å². The van der Waals surface area contributed by atoms with Gasteiger partial charge in [0.15, 0.2) is 0 Å². The van der Waals surface area contributed by atoms with Crippen LogP contribution in [0.3, 0.4) is 0 Å². The van der Waals surface area contributed by atoms with Gasteiger partial charge in [0.25, 0.3) is 0 Å². The van der Waals surface area contributed by atoms with Crippen molar-refractivity contribution in [2.24, 2.45) is 0 Å². The summed E-state index contributed by atoms with van der Waals surface area (Å²) in [5, 5.41) is 9.42. The van der Waals surface area contributed by atoms with Gasteiger partial charge >= 0.3 is 0 Å². The van der Waals surface area contributed by atoms with Gasteiger partial charge in [0, 0.05) is 12.1 Å². The molecule has 3 nitrogen and oxygen atoms in total. The molecule has 0 saturated heterocycles. The highest BCUT2D eigenvalue weighted by molar-refractivity contribution is 6.36. The van der Waals surface area contributed by atoms with Gasteiger partial charge in [-0.15, -0.1) is 0 Å². The van der Waals surface area contributed by atoms with Crippen molar-refractivity contribution in [2.45, 2.75) is 6.54 Å². The maximum Gasteiger partial charge on any atom is 0.121 e. The normalized spacial score (nSPS) is 10.2. The second kappa shape index (κ2) is 4.67. The van der Waals surface area contributed by atoms with Crippen molar-refractivity contribution in [2.75, 3.05) is 7.11 Å². The first-order valence-electron chi connectivity index (χ1n) is 3.58. The molecule has 72 valence electrons. The highest BCUT2D eigenvalue weighted by Crippen LogP contribution is 2.29. The molecule has 0 aromatic heterocycles. The highest BCUT2D eigenvalue weighted by atomic mass is 35.5. The minimum absolute atomic E-state index is 0.210. The summed E-state index contributed by atoms with van der Waals surface area (Å²) in [6, 6.07) is 3.28. The standard InChI is InChI=1S/C8H9Cl2NO2/c1-13-5-2-7(9)6(4-11-12)8(10)3-5/h2-3,11-12H,4H2,1H3. The molecule has 0 aliphatic rings. The van der Waals surface area contributed by atoms with Gasteiger partial charge in [-0.05, 0) is 12.1 Å². The summed E-state index contributed by atoms with van der Waals surface area (Å²) in [7, 11) is 1.53. The van der Waals surface area contributed by atoms with E-state index in [1.165, 1.54) is 7.11 Å². The summed E-state index contributed by atoms with van der Waals surface area (Å²) in [4.78, 5) is 0. The first kappa shape index (κ1) is 10.6. The number of hydrogen-bond acceptors (Lipinski definition) is 3. The van der Waals surface area contributed by atoms with Gasteiger partial charge in [0.05, 0.1) is 17.2 Å². The Morgan fingerprint density at radius 3 is 2.31 bits per heavy atom. The maximum absolute atomic E-state index is 8.50. The van der Waals surface area contributed by atoms with Gasteiger partial charge in [-0.2, -0.15) is 0 Å². The molecular weight excluding hydrogens is 213 g/mol. The molecule has 0 aliphatic heterocycles. The fraction of sp³-hybridized carbons (Fsp3) is 0.250. The number of benzene rings is 1. The minimum Gasteiger partial charge on any atom is -0.497 e. The van der Waals surface area contributed by atoms with Gasteiger partial charge in [-0.25, -0.2) is 5.48 Å². The zero-order chi connectivity index (χ0) is 9.84. The van der Waals surface area contributed by atoms with Crippen molar-refractivity contribution >= 4 is 23.2 Å². The first-order chi connectivity index (χ1) is 6.19. The molecule has 1 aromatic carbocycles. The third-order valence-electron chi connectivity index (χ3n) is 1.61. The molecule has 0 spiro atoms. The van der Waals surface area contributed by atoms with E-state index in [0.29, 0.717) is 21.4 Å². The Morgan fingerprint density at radius 1 is 1.38 bits per heavy atom. The summed E-state index contributed by atoms with van der Waals surface area (Å²) in [5.41, 5.74) is 2.64.